The number of hydrogen-bond acceptors (Lipinski definition) is 6. The predicted octanol–water partition coefficient (Wildman–Crippen LogP) is 1.50. The summed E-state index contributed by atoms with van der Waals surface area (Å²) in [6.07, 6.45) is 5.45. The number of rotatable bonds is 3. The van der Waals surface area contributed by atoms with Gasteiger partial charge in [-0.25, -0.2) is 4.98 Å². The second kappa shape index (κ2) is 5.75. The van der Waals surface area contributed by atoms with Gasteiger partial charge in [-0.15, -0.1) is 0 Å². The van der Waals surface area contributed by atoms with Crippen LogP contribution in [0.2, 0.25) is 0 Å². The number of nitrogens with zero attached hydrogens (tertiary/aromatic N) is 3. The highest BCUT2D eigenvalue weighted by atomic mass is 16.7. The van der Waals surface area contributed by atoms with E-state index in [0.717, 1.165) is 6.42 Å². The van der Waals surface area contributed by atoms with Crippen molar-refractivity contribution < 1.29 is 19.0 Å². The molecule has 2 aliphatic rings. The monoisotopic (exact) mass is 313 g/mol. The summed E-state index contributed by atoms with van der Waals surface area (Å²) < 4.78 is 16.3. The Morgan fingerprint density at radius 3 is 3.04 bits per heavy atom. The molecule has 0 aliphatic carbocycles. The van der Waals surface area contributed by atoms with Crippen molar-refractivity contribution in [1.82, 2.24) is 14.9 Å². The number of carbonyl (C=O) groups excluding carboxylic acids is 1. The fourth-order valence-electron chi connectivity index (χ4n) is 2.74. The summed E-state index contributed by atoms with van der Waals surface area (Å²) >= 11 is 0. The second-order valence-electron chi connectivity index (χ2n) is 5.39. The lowest BCUT2D eigenvalue weighted by Crippen LogP contribution is -2.31. The average molecular weight is 313 g/mol. The molecule has 23 heavy (non-hydrogen) atoms. The quantitative estimate of drug-likeness (QED) is 0.855. The van der Waals surface area contributed by atoms with Crippen molar-refractivity contribution in [3.63, 3.8) is 0 Å². The number of carbonyl (C=O) groups is 1. The Balaban J connectivity index is 1.42. The fourth-order valence-corrected chi connectivity index (χ4v) is 2.74. The highest BCUT2D eigenvalue weighted by molar-refractivity contribution is 5.95. The van der Waals surface area contributed by atoms with Crippen molar-refractivity contribution in [2.24, 2.45) is 0 Å². The lowest BCUT2D eigenvalue weighted by atomic mass is 10.2. The molecule has 2 aromatic rings. The molecule has 1 fully saturated rings. The summed E-state index contributed by atoms with van der Waals surface area (Å²) in [5.41, 5.74) is 0.592. The molecule has 7 heteroatoms. The normalized spacial score (nSPS) is 19.0. The molecule has 1 amide bonds. The molecule has 0 N–H and O–H groups in total. The first-order chi connectivity index (χ1) is 11.3. The zero-order valence-corrected chi connectivity index (χ0v) is 12.3. The second-order valence-corrected chi connectivity index (χ2v) is 5.39. The maximum Gasteiger partial charge on any atom is 0.254 e. The van der Waals surface area contributed by atoms with Gasteiger partial charge in [-0.05, 0) is 18.2 Å². The number of likely N-dealkylation sites (tertiary alicyclic amines) is 1. The molecular weight excluding hydrogens is 298 g/mol. The van der Waals surface area contributed by atoms with E-state index in [0.29, 0.717) is 36.0 Å². The van der Waals surface area contributed by atoms with Crippen LogP contribution < -0.4 is 14.2 Å². The van der Waals surface area contributed by atoms with Crippen LogP contribution in [0.5, 0.6) is 17.4 Å². The maximum absolute atomic E-state index is 12.6. The third kappa shape index (κ3) is 2.77. The highest BCUT2D eigenvalue weighted by Crippen LogP contribution is 2.33. The van der Waals surface area contributed by atoms with Crippen molar-refractivity contribution in [3.05, 3.63) is 42.4 Å². The summed E-state index contributed by atoms with van der Waals surface area (Å²) in [4.78, 5) is 22.4. The minimum Gasteiger partial charge on any atom is -0.471 e. The van der Waals surface area contributed by atoms with E-state index in [9.17, 15) is 4.79 Å². The first-order valence-corrected chi connectivity index (χ1v) is 7.41. The molecule has 2 aliphatic heterocycles. The van der Waals surface area contributed by atoms with Crippen molar-refractivity contribution in [3.8, 4) is 17.4 Å². The summed E-state index contributed by atoms with van der Waals surface area (Å²) in [6.45, 7) is 1.38. The van der Waals surface area contributed by atoms with Crippen LogP contribution in [0.3, 0.4) is 0 Å². The SMILES string of the molecule is O=C(c1ccc2c(c1)OCO2)N1CC[C@@H](Oc2cnccn2)C1. The predicted molar refractivity (Wildman–Crippen MR) is 79.5 cm³/mol. The van der Waals surface area contributed by atoms with Gasteiger partial charge in [0.05, 0.1) is 12.7 Å². The van der Waals surface area contributed by atoms with Crippen LogP contribution in [0.1, 0.15) is 16.8 Å². The maximum atomic E-state index is 12.6. The van der Waals surface area contributed by atoms with Gasteiger partial charge in [0, 0.05) is 30.9 Å². The highest BCUT2D eigenvalue weighted by Gasteiger charge is 2.29. The smallest absolute Gasteiger partial charge is 0.254 e. The van der Waals surface area contributed by atoms with Gasteiger partial charge >= 0.3 is 0 Å². The van der Waals surface area contributed by atoms with Crippen LogP contribution in [-0.4, -0.2) is 46.8 Å². The topological polar surface area (TPSA) is 73.8 Å². The molecule has 0 unspecified atom stereocenters. The van der Waals surface area contributed by atoms with Gasteiger partial charge in [0.2, 0.25) is 12.7 Å². The summed E-state index contributed by atoms with van der Waals surface area (Å²) in [5, 5.41) is 0. The third-order valence-electron chi connectivity index (χ3n) is 3.88. The standard InChI is InChI=1S/C16H15N3O4/c20-16(11-1-2-13-14(7-11)22-10-21-13)19-6-3-12(9-19)23-15-8-17-4-5-18-15/h1-2,4-5,7-8,12H,3,6,9-10H2/t12-/m1/s1. The number of aromatic nitrogens is 2. The zero-order chi connectivity index (χ0) is 15.6. The van der Waals surface area contributed by atoms with Crippen LogP contribution in [0, 0.1) is 0 Å². The summed E-state index contributed by atoms with van der Waals surface area (Å²) in [7, 11) is 0. The number of benzene rings is 1. The van der Waals surface area contributed by atoms with Gasteiger partial charge in [0.25, 0.3) is 5.91 Å². The van der Waals surface area contributed by atoms with E-state index in [1.807, 2.05) is 0 Å². The molecule has 118 valence electrons. The van der Waals surface area contributed by atoms with Crippen LogP contribution in [0.4, 0.5) is 0 Å². The third-order valence-corrected chi connectivity index (χ3v) is 3.88. The summed E-state index contributed by atoms with van der Waals surface area (Å²) in [6, 6.07) is 5.24. The first kappa shape index (κ1) is 13.8. The van der Waals surface area contributed by atoms with Crippen LogP contribution in [0.25, 0.3) is 0 Å². The lowest BCUT2D eigenvalue weighted by Gasteiger charge is -2.17. The number of amides is 1. The van der Waals surface area contributed by atoms with E-state index in [4.69, 9.17) is 14.2 Å². The van der Waals surface area contributed by atoms with Gasteiger partial charge in [-0.2, -0.15) is 0 Å². The Morgan fingerprint density at radius 2 is 2.17 bits per heavy atom. The average Bonchev–Trinajstić information content (AvgIpc) is 3.23. The van der Waals surface area contributed by atoms with Gasteiger partial charge in [0.15, 0.2) is 11.5 Å². The van der Waals surface area contributed by atoms with Gasteiger partial charge in [-0.1, -0.05) is 0 Å². The summed E-state index contributed by atoms with van der Waals surface area (Å²) in [5.74, 6) is 1.73. The van der Waals surface area contributed by atoms with E-state index in [1.165, 1.54) is 0 Å². The van der Waals surface area contributed by atoms with Crippen molar-refractivity contribution in [2.75, 3.05) is 19.9 Å². The van der Waals surface area contributed by atoms with Crippen LogP contribution >= 0.6 is 0 Å². The number of hydrogen-bond donors (Lipinski definition) is 0. The van der Waals surface area contributed by atoms with Crippen molar-refractivity contribution >= 4 is 5.91 Å². The molecule has 1 atom stereocenters. The van der Waals surface area contributed by atoms with Gasteiger partial charge in [0.1, 0.15) is 6.10 Å². The van der Waals surface area contributed by atoms with E-state index in [2.05, 4.69) is 9.97 Å². The molecule has 1 saturated heterocycles. The molecule has 1 aromatic heterocycles. The Kier molecular flexibility index (Phi) is 3.45. The molecule has 1 aromatic carbocycles. The van der Waals surface area contributed by atoms with E-state index in [1.54, 1.807) is 41.7 Å². The van der Waals surface area contributed by atoms with Gasteiger partial charge in [-0.3, -0.25) is 9.78 Å². The molecule has 3 heterocycles. The molecule has 0 spiro atoms. The molecule has 0 saturated carbocycles. The van der Waals surface area contributed by atoms with Crippen LogP contribution in [0.15, 0.2) is 36.8 Å². The van der Waals surface area contributed by atoms with E-state index < -0.39 is 0 Å². The molecular formula is C16H15N3O4. The number of fused-ring (bicyclic) bond motifs is 1. The Hall–Kier alpha value is -2.83. The van der Waals surface area contributed by atoms with Crippen molar-refractivity contribution in [1.29, 1.82) is 0 Å². The fraction of sp³-hybridized carbons (Fsp3) is 0.312. The largest absolute Gasteiger partial charge is 0.471 e. The number of ether oxygens (including phenoxy) is 3. The molecule has 0 bridgehead atoms. The van der Waals surface area contributed by atoms with E-state index in [-0.39, 0.29) is 18.8 Å². The Morgan fingerprint density at radius 1 is 1.26 bits per heavy atom. The zero-order valence-electron chi connectivity index (χ0n) is 12.3. The Labute approximate surface area is 132 Å². The van der Waals surface area contributed by atoms with Gasteiger partial charge < -0.3 is 19.1 Å². The molecule has 0 radical (unpaired) electrons. The Bertz CT molecular complexity index is 723. The van der Waals surface area contributed by atoms with E-state index >= 15 is 0 Å². The lowest BCUT2D eigenvalue weighted by molar-refractivity contribution is 0.0770. The van der Waals surface area contributed by atoms with Crippen LogP contribution in [-0.2, 0) is 0 Å². The molecule has 4 rings (SSSR count). The molecule has 7 nitrogen and oxygen atoms in total. The minimum atomic E-state index is -0.0651. The minimum absolute atomic E-state index is 0.0338. The van der Waals surface area contributed by atoms with Crippen molar-refractivity contribution in [2.45, 2.75) is 12.5 Å². The first-order valence-electron chi connectivity index (χ1n) is 7.41.